The SMILES string of the molecule is C=CC1(C=O)Sc2ccc(Cl)c3c2C1CNCC3. The number of benzene rings is 1. The summed E-state index contributed by atoms with van der Waals surface area (Å²) in [5.74, 6) is 0.142. The fourth-order valence-electron chi connectivity index (χ4n) is 2.89. The van der Waals surface area contributed by atoms with Crippen molar-refractivity contribution in [3.63, 3.8) is 0 Å². The number of rotatable bonds is 2. The summed E-state index contributed by atoms with van der Waals surface area (Å²) in [6, 6.07) is 3.97. The van der Waals surface area contributed by atoms with E-state index in [2.05, 4.69) is 11.9 Å². The highest BCUT2D eigenvalue weighted by molar-refractivity contribution is 8.02. The largest absolute Gasteiger partial charge is 0.316 e. The molecule has 1 aromatic rings. The lowest BCUT2D eigenvalue weighted by Gasteiger charge is -2.25. The molecule has 2 atom stereocenters. The number of aldehydes is 1. The van der Waals surface area contributed by atoms with E-state index in [1.54, 1.807) is 17.8 Å². The van der Waals surface area contributed by atoms with Gasteiger partial charge in [0.2, 0.25) is 0 Å². The summed E-state index contributed by atoms with van der Waals surface area (Å²) in [6.45, 7) is 5.57. The average molecular weight is 280 g/mol. The molecule has 0 saturated carbocycles. The molecule has 0 saturated heterocycles. The van der Waals surface area contributed by atoms with Gasteiger partial charge in [0.05, 0.1) is 0 Å². The van der Waals surface area contributed by atoms with Crippen molar-refractivity contribution in [2.24, 2.45) is 0 Å². The van der Waals surface area contributed by atoms with Crippen molar-refractivity contribution < 1.29 is 4.79 Å². The Bertz CT molecular complexity index is 521. The summed E-state index contributed by atoms with van der Waals surface area (Å²) in [5.41, 5.74) is 2.45. The minimum Gasteiger partial charge on any atom is -0.316 e. The summed E-state index contributed by atoms with van der Waals surface area (Å²) in [5, 5.41) is 4.21. The minimum atomic E-state index is -0.543. The van der Waals surface area contributed by atoms with Crippen LogP contribution in [0.4, 0.5) is 0 Å². The topological polar surface area (TPSA) is 29.1 Å². The van der Waals surface area contributed by atoms with Gasteiger partial charge in [0.15, 0.2) is 0 Å². The van der Waals surface area contributed by atoms with Crippen molar-refractivity contribution >= 4 is 29.6 Å². The van der Waals surface area contributed by atoms with Crippen molar-refractivity contribution in [3.05, 3.63) is 40.9 Å². The Labute approximate surface area is 116 Å². The molecular weight excluding hydrogens is 266 g/mol. The van der Waals surface area contributed by atoms with Gasteiger partial charge in [0.1, 0.15) is 11.0 Å². The molecule has 0 bridgehead atoms. The first-order valence-corrected chi connectivity index (χ1v) is 7.22. The van der Waals surface area contributed by atoms with Gasteiger partial charge in [-0.1, -0.05) is 17.7 Å². The van der Waals surface area contributed by atoms with Gasteiger partial charge >= 0.3 is 0 Å². The maximum Gasteiger partial charge on any atom is 0.140 e. The second-order valence-electron chi connectivity index (χ2n) is 4.72. The molecule has 4 heteroatoms. The zero-order chi connectivity index (χ0) is 12.8. The first kappa shape index (κ1) is 12.3. The zero-order valence-corrected chi connectivity index (χ0v) is 11.5. The average Bonchev–Trinajstić information content (AvgIpc) is 2.56. The van der Waals surface area contributed by atoms with Crippen LogP contribution in [0.3, 0.4) is 0 Å². The van der Waals surface area contributed by atoms with Gasteiger partial charge in [-0.3, -0.25) is 0 Å². The quantitative estimate of drug-likeness (QED) is 0.667. The first-order valence-electron chi connectivity index (χ1n) is 6.03. The minimum absolute atomic E-state index is 0.142. The van der Waals surface area contributed by atoms with E-state index in [1.165, 1.54) is 16.0 Å². The van der Waals surface area contributed by atoms with Crippen LogP contribution in [0.1, 0.15) is 17.0 Å². The van der Waals surface area contributed by atoms with Gasteiger partial charge < -0.3 is 10.1 Å². The number of hydrogen-bond donors (Lipinski definition) is 1. The Morgan fingerprint density at radius 1 is 1.56 bits per heavy atom. The van der Waals surface area contributed by atoms with E-state index in [1.807, 2.05) is 12.1 Å². The predicted octanol–water partition coefficient (Wildman–Crippen LogP) is 2.80. The third kappa shape index (κ3) is 1.58. The Morgan fingerprint density at radius 3 is 3.11 bits per heavy atom. The molecule has 2 unspecified atom stereocenters. The second kappa shape index (κ2) is 4.41. The third-order valence-electron chi connectivity index (χ3n) is 3.84. The standard InChI is InChI=1S/C14H14ClNOS/c1-2-14(8-17)10-7-16-6-5-9-11(15)3-4-12(18-14)13(9)10/h2-4,8,10,16H,1,5-7H2. The number of carbonyl (C=O) groups is 1. The Morgan fingerprint density at radius 2 is 2.39 bits per heavy atom. The van der Waals surface area contributed by atoms with Crippen LogP contribution in [0, 0.1) is 0 Å². The normalized spacial score (nSPS) is 29.5. The maximum absolute atomic E-state index is 11.6. The molecule has 0 aliphatic carbocycles. The van der Waals surface area contributed by atoms with Crippen LogP contribution in [0.15, 0.2) is 29.7 Å². The van der Waals surface area contributed by atoms with E-state index in [0.29, 0.717) is 0 Å². The second-order valence-corrected chi connectivity index (χ2v) is 6.48. The lowest BCUT2D eigenvalue weighted by Crippen LogP contribution is -2.34. The highest BCUT2D eigenvalue weighted by Gasteiger charge is 2.46. The third-order valence-corrected chi connectivity index (χ3v) is 5.67. The Hall–Kier alpha value is -0.770. The lowest BCUT2D eigenvalue weighted by molar-refractivity contribution is -0.109. The van der Waals surface area contributed by atoms with Crippen molar-refractivity contribution in [3.8, 4) is 0 Å². The summed E-state index contributed by atoms with van der Waals surface area (Å²) in [4.78, 5) is 12.8. The van der Waals surface area contributed by atoms with E-state index in [9.17, 15) is 4.79 Å². The van der Waals surface area contributed by atoms with Crippen molar-refractivity contribution in [2.45, 2.75) is 22.0 Å². The Balaban J connectivity index is 2.23. The van der Waals surface area contributed by atoms with Crippen LogP contribution in [-0.4, -0.2) is 24.1 Å². The molecule has 0 amide bonds. The summed E-state index contributed by atoms with van der Waals surface area (Å²) in [6.07, 6.45) is 3.73. The molecule has 94 valence electrons. The monoisotopic (exact) mass is 279 g/mol. The van der Waals surface area contributed by atoms with Crippen LogP contribution in [0.25, 0.3) is 0 Å². The molecule has 0 radical (unpaired) electrons. The molecule has 2 aliphatic heterocycles. The van der Waals surface area contributed by atoms with E-state index in [-0.39, 0.29) is 5.92 Å². The van der Waals surface area contributed by atoms with Crippen LogP contribution < -0.4 is 5.32 Å². The van der Waals surface area contributed by atoms with E-state index in [0.717, 1.165) is 30.8 Å². The van der Waals surface area contributed by atoms with Crippen molar-refractivity contribution in [2.75, 3.05) is 13.1 Å². The van der Waals surface area contributed by atoms with E-state index < -0.39 is 4.75 Å². The lowest BCUT2D eigenvalue weighted by atomic mass is 9.84. The van der Waals surface area contributed by atoms with Crippen LogP contribution in [0.2, 0.25) is 5.02 Å². The van der Waals surface area contributed by atoms with Gasteiger partial charge in [-0.15, -0.1) is 18.3 Å². The fourth-order valence-corrected chi connectivity index (χ4v) is 4.52. The first-order chi connectivity index (χ1) is 8.72. The molecule has 1 N–H and O–H groups in total. The fraction of sp³-hybridized carbons (Fsp3) is 0.357. The van der Waals surface area contributed by atoms with Crippen molar-refractivity contribution in [1.29, 1.82) is 0 Å². The van der Waals surface area contributed by atoms with Crippen LogP contribution >= 0.6 is 23.4 Å². The summed E-state index contributed by atoms with van der Waals surface area (Å²) in [7, 11) is 0. The molecule has 3 rings (SSSR count). The molecule has 18 heavy (non-hydrogen) atoms. The number of thioether (sulfide) groups is 1. The molecule has 2 heterocycles. The molecule has 2 aliphatic rings. The van der Waals surface area contributed by atoms with Gasteiger partial charge in [-0.2, -0.15) is 0 Å². The Kier molecular flexibility index (Phi) is 3.00. The molecule has 2 nitrogen and oxygen atoms in total. The molecule has 0 spiro atoms. The van der Waals surface area contributed by atoms with Crippen LogP contribution in [0.5, 0.6) is 0 Å². The number of hydrogen-bond acceptors (Lipinski definition) is 3. The highest BCUT2D eigenvalue weighted by Crippen LogP contribution is 2.55. The van der Waals surface area contributed by atoms with E-state index >= 15 is 0 Å². The van der Waals surface area contributed by atoms with E-state index in [4.69, 9.17) is 11.6 Å². The number of nitrogens with one attached hydrogen (secondary N) is 1. The predicted molar refractivity (Wildman–Crippen MR) is 75.6 cm³/mol. The molecule has 0 aromatic heterocycles. The van der Waals surface area contributed by atoms with Gasteiger partial charge in [-0.05, 0) is 36.2 Å². The number of halogens is 1. The van der Waals surface area contributed by atoms with Gasteiger partial charge in [-0.25, -0.2) is 0 Å². The molecule has 1 aromatic carbocycles. The number of carbonyl (C=O) groups excluding carboxylic acids is 1. The van der Waals surface area contributed by atoms with Gasteiger partial charge in [0, 0.05) is 22.4 Å². The van der Waals surface area contributed by atoms with Crippen LogP contribution in [-0.2, 0) is 11.2 Å². The molecular formula is C14H14ClNOS. The zero-order valence-electron chi connectivity index (χ0n) is 9.91. The molecule has 0 fully saturated rings. The van der Waals surface area contributed by atoms with Crippen molar-refractivity contribution in [1.82, 2.24) is 5.32 Å². The van der Waals surface area contributed by atoms with Gasteiger partial charge in [0.25, 0.3) is 0 Å². The maximum atomic E-state index is 11.6. The summed E-state index contributed by atoms with van der Waals surface area (Å²) >= 11 is 7.91. The smallest absolute Gasteiger partial charge is 0.140 e. The summed E-state index contributed by atoms with van der Waals surface area (Å²) < 4.78 is -0.543. The highest BCUT2D eigenvalue weighted by atomic mass is 35.5.